The maximum absolute atomic E-state index is 13.9. The van der Waals surface area contributed by atoms with Gasteiger partial charge in [-0.2, -0.15) is 0 Å². The molecule has 2 unspecified atom stereocenters. The van der Waals surface area contributed by atoms with Gasteiger partial charge in [-0.05, 0) is 89.0 Å². The van der Waals surface area contributed by atoms with Crippen LogP contribution in [-0.4, -0.2) is 122 Å². The second-order valence-corrected chi connectivity index (χ2v) is 21.4. The van der Waals surface area contributed by atoms with Gasteiger partial charge in [0, 0.05) is 68.8 Å². The van der Waals surface area contributed by atoms with Crippen molar-refractivity contribution < 1.29 is 38.1 Å². The second kappa shape index (κ2) is 20.8. The molecule has 2 N–H and O–H groups in total. The summed E-state index contributed by atoms with van der Waals surface area (Å²) in [5.41, 5.74) is 2.81. The van der Waals surface area contributed by atoms with Crippen LogP contribution in [0.4, 0.5) is 11.4 Å². The molecule has 0 spiro atoms. The molecule has 352 valence electrons. The van der Waals surface area contributed by atoms with Gasteiger partial charge in [0.05, 0.1) is 48.4 Å². The number of anilines is 2. The van der Waals surface area contributed by atoms with E-state index < -0.39 is 22.8 Å². The van der Waals surface area contributed by atoms with Gasteiger partial charge in [0.25, 0.3) is 0 Å². The molecule has 2 atom stereocenters. The van der Waals surface area contributed by atoms with E-state index >= 15 is 0 Å². The van der Waals surface area contributed by atoms with Crippen molar-refractivity contribution in [3.8, 4) is 0 Å². The molecule has 2 fully saturated rings. The molecule has 8 rings (SSSR count). The van der Waals surface area contributed by atoms with Gasteiger partial charge in [0.15, 0.2) is 0 Å². The number of hydroxylamine groups is 6. The van der Waals surface area contributed by atoms with Gasteiger partial charge < -0.3 is 10.6 Å². The first kappa shape index (κ1) is 48.0. The predicted molar refractivity (Wildman–Crippen MR) is 263 cm³/mol. The zero-order valence-electron chi connectivity index (χ0n) is 39.3. The summed E-state index contributed by atoms with van der Waals surface area (Å²) in [5, 5.41) is 7.20. The molecular formula is C52H68N6O6S2+2. The summed E-state index contributed by atoms with van der Waals surface area (Å²) in [7, 11) is 4.14. The highest BCUT2D eigenvalue weighted by atomic mass is 32.2. The van der Waals surface area contributed by atoms with Crippen molar-refractivity contribution in [3.05, 3.63) is 106 Å². The van der Waals surface area contributed by atoms with Crippen molar-refractivity contribution >= 4 is 58.4 Å². The van der Waals surface area contributed by atoms with E-state index in [4.69, 9.17) is 9.68 Å². The number of hydrogen-bond acceptors (Lipinski definition) is 12. The molecule has 2 aromatic carbocycles. The van der Waals surface area contributed by atoms with E-state index in [1.165, 1.54) is 21.9 Å². The van der Waals surface area contributed by atoms with Crippen LogP contribution in [0.25, 0.3) is 0 Å². The molecule has 0 radical (unpaired) electrons. The lowest BCUT2D eigenvalue weighted by Gasteiger charge is -2.41. The normalized spacial score (nSPS) is 24.4. The van der Waals surface area contributed by atoms with Gasteiger partial charge in [-0.1, -0.05) is 73.8 Å². The fourth-order valence-electron chi connectivity index (χ4n) is 10.3. The Morgan fingerprint density at radius 2 is 1.03 bits per heavy atom. The third-order valence-electron chi connectivity index (χ3n) is 14.3. The highest BCUT2D eigenvalue weighted by molar-refractivity contribution is 8.03. The Balaban J connectivity index is 0.911. The minimum Gasteiger partial charge on any atom is -0.354 e. The Kier molecular flexibility index (Phi) is 15.2. The molecule has 0 aromatic heterocycles. The number of likely N-dealkylation sites (N-methyl/N-ethyl adjacent to an activating group) is 2. The third kappa shape index (κ3) is 11.0. The van der Waals surface area contributed by atoms with E-state index in [1.54, 1.807) is 23.5 Å². The van der Waals surface area contributed by atoms with Gasteiger partial charge >= 0.3 is 11.9 Å². The topological polar surface area (TPSA) is 117 Å². The number of carbonyl (C=O) groups excluding carboxylic acids is 4. The molecule has 66 heavy (non-hydrogen) atoms. The van der Waals surface area contributed by atoms with Crippen molar-refractivity contribution in [2.45, 2.75) is 87.8 Å². The number of carbonyl (C=O) groups is 4. The third-order valence-corrected chi connectivity index (χ3v) is 16.7. The number of benzene rings is 2. The fourth-order valence-corrected chi connectivity index (χ4v) is 12.3. The molecule has 12 nitrogen and oxygen atoms in total. The van der Waals surface area contributed by atoms with Crippen molar-refractivity contribution in [1.29, 1.82) is 0 Å². The van der Waals surface area contributed by atoms with E-state index in [2.05, 4.69) is 96.9 Å². The second-order valence-electron chi connectivity index (χ2n) is 19.2. The van der Waals surface area contributed by atoms with Gasteiger partial charge in [0.2, 0.25) is 0 Å². The van der Waals surface area contributed by atoms with Crippen LogP contribution in [0.15, 0.2) is 116 Å². The van der Waals surface area contributed by atoms with Gasteiger partial charge in [-0.3, -0.25) is 29.1 Å². The van der Waals surface area contributed by atoms with Crippen LogP contribution >= 0.6 is 23.5 Å². The van der Waals surface area contributed by atoms with Crippen LogP contribution in [0, 0.1) is 10.8 Å². The molecule has 14 heteroatoms. The summed E-state index contributed by atoms with van der Waals surface area (Å²) in [6.45, 7) is 10.7. The molecule has 0 bridgehead atoms. The maximum Gasteiger partial charge on any atom is 0.390 e. The van der Waals surface area contributed by atoms with Crippen LogP contribution in [0.3, 0.4) is 0 Å². The Hall–Kier alpha value is -4.44. The summed E-state index contributed by atoms with van der Waals surface area (Å²) in [5.74, 6) is -0.675. The molecule has 2 saturated heterocycles. The number of Topliss-reactive ketones (excluding diaryl/α,β-unsaturated/α-hetero) is 2. The molecular weight excluding hydrogens is 869 g/mol. The minimum atomic E-state index is -0.639. The van der Waals surface area contributed by atoms with Crippen LogP contribution in [0.1, 0.15) is 78.1 Å². The van der Waals surface area contributed by atoms with E-state index in [-0.39, 0.29) is 20.9 Å². The Morgan fingerprint density at radius 3 is 1.42 bits per heavy atom. The van der Waals surface area contributed by atoms with E-state index in [0.29, 0.717) is 90.6 Å². The largest absolute Gasteiger partial charge is 0.390 e. The molecule has 0 amide bonds. The summed E-state index contributed by atoms with van der Waals surface area (Å²) in [4.78, 5) is 77.0. The average molecular weight is 937 g/mol. The average Bonchev–Trinajstić information content (AvgIpc) is 3.31. The van der Waals surface area contributed by atoms with E-state index in [0.717, 1.165) is 71.6 Å². The molecule has 4 aliphatic heterocycles. The van der Waals surface area contributed by atoms with Crippen molar-refractivity contribution in [2.75, 3.05) is 90.2 Å². The Morgan fingerprint density at radius 1 is 0.636 bits per heavy atom. The number of fused-ring (bicyclic) bond motifs is 4. The standard InChI is InChI=1S/C52H68N6O6S2/c1-5-13-47(59)51(25-21-45-41(37-51)53-39-15-7-9-17-43(39)65-45)23-11-31-57(33-27-55(3)28-34-57)63-49(61)19-20-50(62)64-58(35-29-56(4)30-36-58)32-12-24-52(48(60)14-6-2)26-22-46-42(38-52)54-40-16-8-10-18-44(40)66-46/h7-10,15-22,37-38,53-54H,5-6,11-14,23-36H2,1-4H3/q+2/b20-19-. The zero-order valence-corrected chi connectivity index (χ0v) is 40.9. The lowest BCUT2D eigenvalue weighted by molar-refractivity contribution is -1.09. The van der Waals surface area contributed by atoms with Crippen molar-refractivity contribution in [1.82, 2.24) is 9.80 Å². The summed E-state index contributed by atoms with van der Waals surface area (Å²) in [6, 6.07) is 16.5. The lowest BCUT2D eigenvalue weighted by Crippen LogP contribution is -2.60. The monoisotopic (exact) mass is 936 g/mol. The number of hydrogen-bond donors (Lipinski definition) is 2. The quantitative estimate of drug-likeness (QED) is 0.110. The maximum atomic E-state index is 13.9. The zero-order chi connectivity index (χ0) is 46.4. The number of nitrogens with zero attached hydrogens (tertiary/aromatic N) is 4. The lowest BCUT2D eigenvalue weighted by atomic mass is 9.72. The number of thioether (sulfide) groups is 2. The summed E-state index contributed by atoms with van der Waals surface area (Å²) in [6.07, 6.45) is 17.7. The van der Waals surface area contributed by atoms with Gasteiger partial charge in [0.1, 0.15) is 50.8 Å². The number of quaternary nitrogens is 2. The molecule has 6 aliphatic rings. The first-order valence-electron chi connectivity index (χ1n) is 24.1. The van der Waals surface area contributed by atoms with Crippen LogP contribution in [-0.2, 0) is 28.9 Å². The molecule has 4 heterocycles. The number of nitrogens with one attached hydrogen (secondary N) is 2. The number of allylic oxidation sites excluding steroid dienone is 4. The van der Waals surface area contributed by atoms with E-state index in [9.17, 15) is 19.2 Å². The van der Waals surface area contributed by atoms with Gasteiger partial charge in [-0.15, -0.1) is 9.29 Å². The summed E-state index contributed by atoms with van der Waals surface area (Å²) < 4.78 is 0.274. The van der Waals surface area contributed by atoms with E-state index in [1.807, 2.05) is 24.3 Å². The van der Waals surface area contributed by atoms with Crippen LogP contribution < -0.4 is 10.6 Å². The Labute approximate surface area is 399 Å². The first-order chi connectivity index (χ1) is 31.9. The highest BCUT2D eigenvalue weighted by Crippen LogP contribution is 2.50. The predicted octanol–water partition coefficient (Wildman–Crippen LogP) is 9.03. The number of para-hydroxylation sites is 2. The molecule has 2 aromatic rings. The molecule has 0 saturated carbocycles. The highest BCUT2D eigenvalue weighted by Gasteiger charge is 2.44. The fraction of sp³-hybridized carbons (Fsp3) is 0.500. The molecule has 2 aliphatic carbocycles. The van der Waals surface area contributed by atoms with Crippen LogP contribution in [0.5, 0.6) is 0 Å². The smallest absolute Gasteiger partial charge is 0.354 e. The Bertz CT molecular complexity index is 2170. The van der Waals surface area contributed by atoms with Gasteiger partial charge in [-0.25, -0.2) is 9.59 Å². The summed E-state index contributed by atoms with van der Waals surface area (Å²) >= 11 is 3.48. The van der Waals surface area contributed by atoms with Crippen molar-refractivity contribution in [2.24, 2.45) is 10.8 Å². The van der Waals surface area contributed by atoms with Crippen LogP contribution in [0.2, 0.25) is 0 Å². The number of piperazine rings is 2. The number of rotatable bonds is 18. The minimum absolute atomic E-state index is 0.137. The number of ketones is 2. The van der Waals surface area contributed by atoms with Crippen molar-refractivity contribution in [3.63, 3.8) is 0 Å². The first-order valence-corrected chi connectivity index (χ1v) is 25.7. The SMILES string of the molecule is CCCC(=O)C1(CCC[N+]2(OC(=O)/C=C\C(=O)O[N+]3(CCCC4(C(=O)CCC)C=C5Nc6ccccc6SC5=CC4)CCN(C)CC3)CCN(C)CC2)C=C2Nc3ccccc3SC2=CC1.